The van der Waals surface area contributed by atoms with E-state index in [1.165, 1.54) is 0 Å². The van der Waals surface area contributed by atoms with E-state index in [9.17, 15) is 9.90 Å². The van der Waals surface area contributed by atoms with Gasteiger partial charge in [0.25, 0.3) is 5.91 Å². The van der Waals surface area contributed by atoms with E-state index < -0.39 is 11.7 Å². The van der Waals surface area contributed by atoms with Crippen LogP contribution in [-0.2, 0) is 9.53 Å². The third-order valence-corrected chi connectivity index (χ3v) is 3.13. The fourth-order valence-corrected chi connectivity index (χ4v) is 1.60. The molecule has 5 nitrogen and oxygen atoms in total. The third-order valence-electron chi connectivity index (χ3n) is 3.13. The summed E-state index contributed by atoms with van der Waals surface area (Å²) in [5.41, 5.74) is -0.794. The van der Waals surface area contributed by atoms with E-state index in [0.717, 1.165) is 6.54 Å². The van der Waals surface area contributed by atoms with Crippen LogP contribution < -0.4 is 10.6 Å². The van der Waals surface area contributed by atoms with Gasteiger partial charge in [-0.15, -0.1) is 0 Å². The molecule has 0 aromatic heterocycles. The lowest BCUT2D eigenvalue weighted by Gasteiger charge is -2.28. The minimum Gasteiger partial charge on any atom is -0.388 e. The van der Waals surface area contributed by atoms with Crippen molar-refractivity contribution < 1.29 is 14.6 Å². The molecule has 5 heteroatoms. The molecule has 0 aromatic carbocycles. The molecule has 0 aromatic rings. The molecule has 1 saturated heterocycles. The minimum atomic E-state index is -0.794. The van der Waals surface area contributed by atoms with E-state index in [0.29, 0.717) is 32.5 Å². The number of hydrogen-bond acceptors (Lipinski definition) is 4. The maximum atomic E-state index is 11.7. The fraction of sp³-hybridized carbons (Fsp3) is 0.909. The van der Waals surface area contributed by atoms with Crippen LogP contribution in [0.1, 0.15) is 26.7 Å². The predicted octanol–water partition coefficient (Wildman–Crippen LogP) is -0.358. The van der Waals surface area contributed by atoms with Gasteiger partial charge in [-0.25, -0.2) is 0 Å². The van der Waals surface area contributed by atoms with E-state index in [4.69, 9.17) is 4.74 Å². The van der Waals surface area contributed by atoms with E-state index in [1.54, 1.807) is 0 Å². The maximum Gasteiger partial charge on any atom is 0.250 e. The number of amides is 1. The van der Waals surface area contributed by atoms with E-state index in [2.05, 4.69) is 10.6 Å². The molecule has 1 amide bonds. The zero-order chi connectivity index (χ0) is 12.0. The van der Waals surface area contributed by atoms with Crippen LogP contribution in [0.5, 0.6) is 0 Å². The van der Waals surface area contributed by atoms with Crippen molar-refractivity contribution in [2.45, 2.75) is 38.4 Å². The van der Waals surface area contributed by atoms with Gasteiger partial charge in [0.15, 0.2) is 0 Å². The zero-order valence-corrected chi connectivity index (χ0v) is 10.1. The van der Waals surface area contributed by atoms with Crippen molar-refractivity contribution in [2.75, 3.05) is 26.2 Å². The number of nitrogens with one attached hydrogen (secondary N) is 2. The molecule has 1 heterocycles. The number of aliphatic hydroxyl groups is 1. The first-order chi connectivity index (χ1) is 7.61. The summed E-state index contributed by atoms with van der Waals surface area (Å²) in [4.78, 5) is 11.7. The van der Waals surface area contributed by atoms with Gasteiger partial charge in [-0.2, -0.15) is 0 Å². The highest BCUT2D eigenvalue weighted by Crippen LogP contribution is 2.12. The molecule has 0 radical (unpaired) electrons. The summed E-state index contributed by atoms with van der Waals surface area (Å²) < 4.78 is 5.32. The molecule has 16 heavy (non-hydrogen) atoms. The van der Waals surface area contributed by atoms with Crippen LogP contribution in [0.25, 0.3) is 0 Å². The summed E-state index contributed by atoms with van der Waals surface area (Å²) in [6.45, 7) is 6.01. The Labute approximate surface area is 96.6 Å². The van der Waals surface area contributed by atoms with E-state index in [-0.39, 0.29) is 5.91 Å². The van der Waals surface area contributed by atoms with Gasteiger partial charge in [0.05, 0.1) is 12.2 Å². The predicted molar refractivity (Wildman–Crippen MR) is 61.2 cm³/mol. The molecule has 94 valence electrons. The Morgan fingerprint density at radius 2 is 2.25 bits per heavy atom. The first-order valence-electron chi connectivity index (χ1n) is 5.93. The number of carbonyl (C=O) groups excluding carboxylic acids is 1. The Bertz CT molecular complexity index is 223. The first kappa shape index (κ1) is 13.4. The van der Waals surface area contributed by atoms with Crippen LogP contribution in [0.3, 0.4) is 0 Å². The summed E-state index contributed by atoms with van der Waals surface area (Å²) >= 11 is 0. The molecule has 1 aliphatic rings. The highest BCUT2D eigenvalue weighted by atomic mass is 16.5. The van der Waals surface area contributed by atoms with Crippen LogP contribution in [0.2, 0.25) is 0 Å². The molecule has 1 aliphatic heterocycles. The zero-order valence-electron chi connectivity index (χ0n) is 10.1. The number of morpholine rings is 1. The summed E-state index contributed by atoms with van der Waals surface area (Å²) in [5.74, 6) is -0.146. The topological polar surface area (TPSA) is 70.6 Å². The van der Waals surface area contributed by atoms with Crippen LogP contribution >= 0.6 is 0 Å². The normalized spacial score (nSPS) is 21.8. The van der Waals surface area contributed by atoms with Gasteiger partial charge in [0, 0.05) is 19.6 Å². The summed E-state index contributed by atoms with van der Waals surface area (Å²) in [7, 11) is 0. The maximum absolute atomic E-state index is 11.7. The lowest BCUT2D eigenvalue weighted by atomic mass is 9.97. The van der Waals surface area contributed by atoms with Gasteiger partial charge in [0.2, 0.25) is 0 Å². The van der Waals surface area contributed by atoms with Crippen LogP contribution in [0.15, 0.2) is 0 Å². The Hall–Kier alpha value is -0.650. The molecule has 0 bridgehead atoms. The quantitative estimate of drug-likeness (QED) is 0.603. The van der Waals surface area contributed by atoms with Crippen molar-refractivity contribution in [3.8, 4) is 0 Å². The largest absolute Gasteiger partial charge is 0.388 e. The average Bonchev–Trinajstić information content (AvgIpc) is 2.36. The molecular formula is C11H22N2O3. The smallest absolute Gasteiger partial charge is 0.250 e. The van der Waals surface area contributed by atoms with Gasteiger partial charge >= 0.3 is 0 Å². The van der Waals surface area contributed by atoms with Crippen LogP contribution in [-0.4, -0.2) is 49.0 Å². The van der Waals surface area contributed by atoms with Crippen molar-refractivity contribution >= 4 is 5.91 Å². The van der Waals surface area contributed by atoms with Crippen molar-refractivity contribution in [1.29, 1.82) is 0 Å². The summed E-state index contributed by atoms with van der Waals surface area (Å²) in [6.07, 6.45) is 0.841. The number of ether oxygens (including phenoxy) is 1. The molecule has 1 unspecified atom stereocenters. The second-order valence-corrected chi connectivity index (χ2v) is 4.21. The Kier molecular flexibility index (Phi) is 5.18. The monoisotopic (exact) mass is 230 g/mol. The second kappa shape index (κ2) is 6.18. The van der Waals surface area contributed by atoms with Crippen molar-refractivity contribution in [3.05, 3.63) is 0 Å². The highest BCUT2D eigenvalue weighted by Gasteiger charge is 2.26. The first-order valence-corrected chi connectivity index (χ1v) is 5.93. The SMILES string of the molecule is CCC(O)(CC)CNC(=O)C1CNCCO1. The van der Waals surface area contributed by atoms with Gasteiger partial charge in [-0.3, -0.25) is 4.79 Å². The lowest BCUT2D eigenvalue weighted by Crippen LogP contribution is -2.51. The van der Waals surface area contributed by atoms with E-state index >= 15 is 0 Å². The molecule has 3 N–H and O–H groups in total. The standard InChI is InChI=1S/C11H22N2O3/c1-3-11(15,4-2)8-13-10(14)9-7-12-5-6-16-9/h9,12,15H,3-8H2,1-2H3,(H,13,14). The highest BCUT2D eigenvalue weighted by molar-refractivity contribution is 5.81. The van der Waals surface area contributed by atoms with Gasteiger partial charge in [-0.1, -0.05) is 13.8 Å². The molecule has 1 fully saturated rings. The minimum absolute atomic E-state index is 0.146. The molecule has 1 rings (SSSR count). The van der Waals surface area contributed by atoms with Crippen LogP contribution in [0, 0.1) is 0 Å². The van der Waals surface area contributed by atoms with Gasteiger partial charge in [-0.05, 0) is 12.8 Å². The van der Waals surface area contributed by atoms with E-state index in [1.807, 2.05) is 13.8 Å². The number of hydrogen-bond donors (Lipinski definition) is 3. The number of rotatable bonds is 5. The Balaban J connectivity index is 2.33. The fourth-order valence-electron chi connectivity index (χ4n) is 1.60. The second-order valence-electron chi connectivity index (χ2n) is 4.21. The summed E-state index contributed by atoms with van der Waals surface area (Å²) in [6, 6.07) is 0. The molecule has 0 aliphatic carbocycles. The third kappa shape index (κ3) is 3.73. The Morgan fingerprint density at radius 1 is 1.56 bits per heavy atom. The number of carbonyl (C=O) groups is 1. The molecule has 1 atom stereocenters. The van der Waals surface area contributed by atoms with Crippen molar-refractivity contribution in [2.24, 2.45) is 0 Å². The Morgan fingerprint density at radius 3 is 2.75 bits per heavy atom. The molecule has 0 spiro atoms. The van der Waals surface area contributed by atoms with Crippen LogP contribution in [0.4, 0.5) is 0 Å². The molecule has 0 saturated carbocycles. The lowest BCUT2D eigenvalue weighted by molar-refractivity contribution is -0.135. The van der Waals surface area contributed by atoms with Gasteiger partial charge in [0.1, 0.15) is 6.10 Å². The van der Waals surface area contributed by atoms with Crippen molar-refractivity contribution in [3.63, 3.8) is 0 Å². The van der Waals surface area contributed by atoms with Gasteiger partial charge < -0.3 is 20.5 Å². The van der Waals surface area contributed by atoms with Crippen molar-refractivity contribution in [1.82, 2.24) is 10.6 Å². The summed E-state index contributed by atoms with van der Waals surface area (Å²) in [5, 5.41) is 15.8. The molecular weight excluding hydrogens is 208 g/mol. The average molecular weight is 230 g/mol.